The number of thiophene rings is 1. The summed E-state index contributed by atoms with van der Waals surface area (Å²) < 4.78 is 13.0. The van der Waals surface area contributed by atoms with Gasteiger partial charge in [0.05, 0.1) is 15.1 Å². The molecule has 0 aliphatic carbocycles. The Hall–Kier alpha value is -3.24. The fourth-order valence-corrected chi connectivity index (χ4v) is 4.19. The molecule has 1 atom stereocenters. The lowest BCUT2D eigenvalue weighted by atomic mass is 10.2. The van der Waals surface area contributed by atoms with E-state index in [4.69, 9.17) is 0 Å². The van der Waals surface area contributed by atoms with Crippen LogP contribution in [0, 0.1) is 15.9 Å². The van der Waals surface area contributed by atoms with Crippen LogP contribution in [0.3, 0.4) is 0 Å². The van der Waals surface area contributed by atoms with Gasteiger partial charge in [-0.3, -0.25) is 30.6 Å². The molecule has 0 bridgehead atoms. The van der Waals surface area contributed by atoms with Crippen molar-refractivity contribution in [3.05, 3.63) is 81.5 Å². The Morgan fingerprint density at radius 2 is 1.70 bits per heavy atom. The normalized spacial score (nSPS) is 11.5. The maximum absolute atomic E-state index is 13.0. The lowest BCUT2D eigenvalue weighted by Gasteiger charge is -2.12. The highest BCUT2D eigenvalue weighted by atomic mass is 32.2. The zero-order chi connectivity index (χ0) is 21.7. The van der Waals surface area contributed by atoms with Crippen LogP contribution in [0.25, 0.3) is 10.4 Å². The summed E-state index contributed by atoms with van der Waals surface area (Å²) in [7, 11) is 0. The van der Waals surface area contributed by atoms with Crippen LogP contribution in [0.15, 0.2) is 65.6 Å². The molecule has 0 radical (unpaired) electrons. The molecule has 0 saturated carbocycles. The summed E-state index contributed by atoms with van der Waals surface area (Å²) in [6.45, 7) is 1.66. The molecule has 2 aromatic carbocycles. The number of carbonyl (C=O) groups is 2. The van der Waals surface area contributed by atoms with Crippen LogP contribution in [0.2, 0.25) is 0 Å². The molecular formula is C20H16FN3O4S2. The zero-order valence-electron chi connectivity index (χ0n) is 15.6. The molecule has 3 rings (SSSR count). The maximum Gasteiger partial charge on any atom is 0.279 e. The lowest BCUT2D eigenvalue weighted by Crippen LogP contribution is -2.44. The Labute approximate surface area is 179 Å². The molecule has 0 aliphatic heterocycles. The van der Waals surface area contributed by atoms with Gasteiger partial charge in [-0.05, 0) is 48.9 Å². The molecule has 7 nitrogen and oxygen atoms in total. The highest BCUT2D eigenvalue weighted by Gasteiger charge is 2.17. The highest BCUT2D eigenvalue weighted by molar-refractivity contribution is 8.00. The molecule has 1 aromatic heterocycles. The monoisotopic (exact) mass is 445 g/mol. The summed E-state index contributed by atoms with van der Waals surface area (Å²) in [5.41, 5.74) is 5.51. The minimum Gasteiger partial charge on any atom is -0.272 e. The fraction of sp³-hybridized carbons (Fsp3) is 0.100. The summed E-state index contributed by atoms with van der Waals surface area (Å²) in [5, 5.41) is 10.1. The molecule has 30 heavy (non-hydrogen) atoms. The number of thioether (sulfide) groups is 1. The summed E-state index contributed by atoms with van der Waals surface area (Å²) in [5.74, 6) is -1.21. The van der Waals surface area contributed by atoms with Gasteiger partial charge in [-0.15, -0.1) is 23.1 Å². The van der Waals surface area contributed by atoms with Gasteiger partial charge in [-0.2, -0.15) is 0 Å². The van der Waals surface area contributed by atoms with E-state index in [1.807, 2.05) is 0 Å². The molecule has 2 amide bonds. The van der Waals surface area contributed by atoms with E-state index in [1.54, 1.807) is 43.3 Å². The third-order valence-corrected chi connectivity index (χ3v) is 6.23. The van der Waals surface area contributed by atoms with Crippen LogP contribution >= 0.6 is 23.1 Å². The molecule has 0 saturated heterocycles. The van der Waals surface area contributed by atoms with Crippen LogP contribution in [0.5, 0.6) is 0 Å². The summed E-state index contributed by atoms with van der Waals surface area (Å²) in [4.78, 5) is 36.6. The Kier molecular flexibility index (Phi) is 6.80. The first kappa shape index (κ1) is 21.5. The van der Waals surface area contributed by atoms with E-state index in [9.17, 15) is 24.1 Å². The van der Waals surface area contributed by atoms with Crippen molar-refractivity contribution in [2.45, 2.75) is 17.1 Å². The summed E-state index contributed by atoms with van der Waals surface area (Å²) in [6, 6.07) is 15.2. The highest BCUT2D eigenvalue weighted by Crippen LogP contribution is 2.28. The number of non-ortho nitro benzene ring substituents is 1. The van der Waals surface area contributed by atoms with E-state index < -0.39 is 22.0 Å². The van der Waals surface area contributed by atoms with E-state index >= 15 is 0 Å². The maximum atomic E-state index is 13.0. The number of nitrogens with zero attached hydrogens (tertiary/aromatic N) is 1. The van der Waals surface area contributed by atoms with Crippen molar-refractivity contribution in [2.75, 3.05) is 0 Å². The predicted molar refractivity (Wildman–Crippen MR) is 114 cm³/mol. The Balaban J connectivity index is 1.53. The molecule has 3 aromatic rings. The second kappa shape index (κ2) is 9.51. The van der Waals surface area contributed by atoms with E-state index in [1.165, 1.54) is 47.4 Å². The number of hydrazine groups is 1. The molecule has 0 aliphatic rings. The van der Waals surface area contributed by atoms with Crippen molar-refractivity contribution in [1.29, 1.82) is 0 Å². The topological polar surface area (TPSA) is 101 Å². The van der Waals surface area contributed by atoms with E-state index in [0.717, 1.165) is 10.4 Å². The van der Waals surface area contributed by atoms with Gasteiger partial charge in [0, 0.05) is 21.9 Å². The average molecular weight is 445 g/mol. The van der Waals surface area contributed by atoms with Gasteiger partial charge in [0.25, 0.3) is 17.5 Å². The number of hydrogen-bond acceptors (Lipinski definition) is 6. The lowest BCUT2D eigenvalue weighted by molar-refractivity contribution is -0.384. The van der Waals surface area contributed by atoms with E-state index in [2.05, 4.69) is 10.9 Å². The molecular weight excluding hydrogens is 429 g/mol. The first-order chi connectivity index (χ1) is 14.3. The number of hydrogen-bond donors (Lipinski definition) is 2. The predicted octanol–water partition coefficient (Wildman–Crippen LogP) is 4.40. The van der Waals surface area contributed by atoms with Crippen LogP contribution in [-0.4, -0.2) is 22.0 Å². The molecule has 0 spiro atoms. The average Bonchev–Trinajstić information content (AvgIpc) is 3.23. The minimum absolute atomic E-state index is 0.0281. The molecule has 10 heteroatoms. The van der Waals surface area contributed by atoms with Gasteiger partial charge in [-0.1, -0.05) is 12.1 Å². The molecule has 154 valence electrons. The van der Waals surface area contributed by atoms with Crippen molar-refractivity contribution in [3.8, 4) is 10.4 Å². The number of rotatable bonds is 6. The van der Waals surface area contributed by atoms with Gasteiger partial charge in [0.15, 0.2) is 0 Å². The van der Waals surface area contributed by atoms with Crippen molar-refractivity contribution in [1.82, 2.24) is 10.9 Å². The standard InChI is InChI=1S/C20H16FN3O4S2/c1-12(29-16-8-6-15(7-9-16)24(27)28)19(25)22-23-20(26)18-11-10-17(30-18)13-2-4-14(21)5-3-13/h2-12H,1H3,(H,22,25)(H,23,26). The molecule has 2 N–H and O–H groups in total. The Morgan fingerprint density at radius 1 is 1.03 bits per heavy atom. The second-order valence-electron chi connectivity index (χ2n) is 6.13. The Morgan fingerprint density at radius 3 is 2.33 bits per heavy atom. The summed E-state index contributed by atoms with van der Waals surface area (Å²) >= 11 is 2.43. The van der Waals surface area contributed by atoms with Gasteiger partial charge in [0.2, 0.25) is 0 Å². The smallest absolute Gasteiger partial charge is 0.272 e. The quantitative estimate of drug-likeness (QED) is 0.333. The van der Waals surface area contributed by atoms with Gasteiger partial charge >= 0.3 is 0 Å². The SMILES string of the molecule is CC(Sc1ccc([N+](=O)[O-])cc1)C(=O)NNC(=O)c1ccc(-c2ccc(F)cc2)s1. The third-order valence-electron chi connectivity index (χ3n) is 3.99. The third kappa shape index (κ3) is 5.43. The fourth-order valence-electron chi connectivity index (χ4n) is 2.41. The molecule has 0 fully saturated rings. The first-order valence-electron chi connectivity index (χ1n) is 8.70. The van der Waals surface area contributed by atoms with Gasteiger partial charge < -0.3 is 0 Å². The van der Waals surface area contributed by atoms with Crippen LogP contribution in [0.4, 0.5) is 10.1 Å². The number of amides is 2. The number of nitrogens with one attached hydrogen (secondary N) is 2. The number of carbonyl (C=O) groups excluding carboxylic acids is 2. The molecule has 1 heterocycles. The van der Waals surface area contributed by atoms with Crippen LogP contribution < -0.4 is 10.9 Å². The van der Waals surface area contributed by atoms with E-state index in [-0.39, 0.29) is 11.5 Å². The number of nitro groups is 1. The van der Waals surface area contributed by atoms with Crippen molar-refractivity contribution in [3.63, 3.8) is 0 Å². The Bertz CT molecular complexity index is 1070. The van der Waals surface area contributed by atoms with Gasteiger partial charge in [-0.25, -0.2) is 4.39 Å². The van der Waals surface area contributed by atoms with Crippen molar-refractivity contribution >= 4 is 40.6 Å². The largest absolute Gasteiger partial charge is 0.279 e. The number of benzene rings is 2. The number of halogens is 1. The van der Waals surface area contributed by atoms with E-state index in [0.29, 0.717) is 9.77 Å². The zero-order valence-corrected chi connectivity index (χ0v) is 17.3. The summed E-state index contributed by atoms with van der Waals surface area (Å²) in [6.07, 6.45) is 0. The van der Waals surface area contributed by atoms with Gasteiger partial charge in [0.1, 0.15) is 5.82 Å². The minimum atomic E-state index is -0.537. The van der Waals surface area contributed by atoms with Crippen LogP contribution in [0.1, 0.15) is 16.6 Å². The second-order valence-corrected chi connectivity index (χ2v) is 8.62. The van der Waals surface area contributed by atoms with Crippen molar-refractivity contribution < 1.29 is 18.9 Å². The molecule has 1 unspecified atom stereocenters. The van der Waals surface area contributed by atoms with Crippen LogP contribution in [-0.2, 0) is 4.79 Å². The van der Waals surface area contributed by atoms with Crippen molar-refractivity contribution in [2.24, 2.45) is 0 Å². The first-order valence-corrected chi connectivity index (χ1v) is 10.4. The number of nitro benzene ring substituents is 1.